The Kier molecular flexibility index (Phi) is 11.9. The van der Waals surface area contributed by atoms with Crippen molar-refractivity contribution in [1.29, 1.82) is 0 Å². The molecule has 0 radical (unpaired) electrons. The number of aliphatic imine (C=N–C) groups is 4. The van der Waals surface area contributed by atoms with E-state index >= 15 is 0 Å². The lowest BCUT2D eigenvalue weighted by atomic mass is 9.82. The van der Waals surface area contributed by atoms with Gasteiger partial charge in [0.1, 0.15) is 0 Å². The molecule has 0 amide bonds. The second-order valence-corrected chi connectivity index (χ2v) is 18.0. The minimum absolute atomic E-state index is 0.170. The number of hydrogen-bond donors (Lipinski definition) is 0. The second kappa shape index (κ2) is 16.4. The molecule has 2 aliphatic heterocycles. The number of nitrogens with zero attached hydrogens (tertiary/aromatic N) is 4. The number of benzene rings is 6. The molecule has 0 spiro atoms. The molecule has 0 N–H and O–H groups in total. The highest BCUT2D eigenvalue weighted by Crippen LogP contribution is 2.58. The molecule has 0 saturated heterocycles. The second-order valence-electron chi connectivity index (χ2n) is 12.9. The number of rotatable bonds is 7. The molecule has 0 aromatic heterocycles. The Morgan fingerprint density at radius 3 is 0.672 bits per heavy atom. The van der Waals surface area contributed by atoms with E-state index in [0.29, 0.717) is 63.5 Å². The number of halogens is 12. The van der Waals surface area contributed by atoms with Crippen molar-refractivity contribution in [3.63, 3.8) is 0 Å². The molecule has 290 valence electrons. The molecular weight excluding hydrogens is 986 g/mol. The van der Waals surface area contributed by atoms with Crippen LogP contribution in [0.3, 0.4) is 0 Å². The molecule has 8 rings (SSSR count). The lowest BCUT2D eigenvalue weighted by molar-refractivity contribution is 0.257. The summed E-state index contributed by atoms with van der Waals surface area (Å²) in [6, 6.07) is 29.9. The SMILES string of the molecule is Clc1ccc(C2=NC(c3ccc(Cl)cc3Cl)(C3(c4ccc(Cl)cc4Cl)N=C(c4ccc(Cl)cc4Cl)C(c4ccc(Cl)cc4Cl)=N3)N=C2c2ccc(Cl)cc2Cl)c(Cl)c1. The Labute approximate surface area is 392 Å². The van der Waals surface area contributed by atoms with Gasteiger partial charge in [0, 0.05) is 73.6 Å². The zero-order valence-corrected chi connectivity index (χ0v) is 37.8. The summed E-state index contributed by atoms with van der Waals surface area (Å²) in [7, 11) is 0. The first kappa shape index (κ1) is 42.2. The zero-order chi connectivity index (χ0) is 41.3. The highest BCUT2D eigenvalue weighted by Gasteiger charge is 2.62. The molecule has 4 nitrogen and oxygen atoms in total. The Balaban J connectivity index is 1.61. The quantitative estimate of drug-likeness (QED) is 0.153. The third-order valence-corrected chi connectivity index (χ3v) is 12.7. The molecule has 2 heterocycles. The average Bonchev–Trinajstić information content (AvgIpc) is 3.73. The van der Waals surface area contributed by atoms with Gasteiger partial charge in [-0.25, -0.2) is 20.0 Å². The van der Waals surface area contributed by atoms with Gasteiger partial charge in [-0.3, -0.25) is 0 Å². The summed E-state index contributed by atoms with van der Waals surface area (Å²) in [5, 5.41) is 3.66. The van der Waals surface area contributed by atoms with Crippen LogP contribution in [0.5, 0.6) is 0 Å². The van der Waals surface area contributed by atoms with Gasteiger partial charge in [-0.15, -0.1) is 0 Å². The monoisotopic (exact) mass is 998 g/mol. The highest BCUT2D eigenvalue weighted by atomic mass is 35.5. The smallest absolute Gasteiger partial charge is 0.227 e. The van der Waals surface area contributed by atoms with E-state index in [1.54, 1.807) is 109 Å². The van der Waals surface area contributed by atoms with Crippen molar-refractivity contribution in [2.24, 2.45) is 20.0 Å². The van der Waals surface area contributed by atoms with Crippen LogP contribution < -0.4 is 0 Å². The predicted molar refractivity (Wildman–Crippen MR) is 248 cm³/mol. The Hall–Kier alpha value is -2.52. The summed E-state index contributed by atoms with van der Waals surface area (Å²) in [5.74, 6) is 0. The first-order valence-electron chi connectivity index (χ1n) is 16.7. The fourth-order valence-electron chi connectivity index (χ4n) is 6.86. The van der Waals surface area contributed by atoms with Crippen molar-refractivity contribution >= 4 is 162 Å². The van der Waals surface area contributed by atoms with Crippen molar-refractivity contribution in [3.8, 4) is 0 Å². The molecule has 16 heteroatoms. The zero-order valence-electron chi connectivity index (χ0n) is 28.7. The van der Waals surface area contributed by atoms with E-state index in [4.69, 9.17) is 159 Å². The normalized spacial score (nSPS) is 15.6. The predicted octanol–water partition coefficient (Wildman–Crippen LogP) is 16.5. The average molecular weight is 1000 g/mol. The van der Waals surface area contributed by atoms with Crippen molar-refractivity contribution < 1.29 is 0 Å². The molecule has 6 aromatic rings. The van der Waals surface area contributed by atoms with Crippen LogP contribution in [0.25, 0.3) is 0 Å². The van der Waals surface area contributed by atoms with E-state index in [1.807, 2.05) is 0 Å². The van der Waals surface area contributed by atoms with Gasteiger partial charge in [0.2, 0.25) is 11.3 Å². The number of hydrogen-bond acceptors (Lipinski definition) is 4. The lowest BCUT2D eigenvalue weighted by Gasteiger charge is -2.39. The fraction of sp³-hybridized carbons (Fsp3) is 0.0476. The van der Waals surface area contributed by atoms with Gasteiger partial charge in [-0.05, 0) is 97.1 Å². The molecular formula is C42H18Cl12N4. The van der Waals surface area contributed by atoms with Crippen LogP contribution in [-0.4, -0.2) is 22.8 Å². The first-order valence-corrected chi connectivity index (χ1v) is 21.3. The molecule has 0 unspecified atom stereocenters. The van der Waals surface area contributed by atoms with Crippen LogP contribution in [0, 0.1) is 0 Å². The maximum atomic E-state index is 7.24. The van der Waals surface area contributed by atoms with Gasteiger partial charge in [-0.1, -0.05) is 151 Å². The van der Waals surface area contributed by atoms with Gasteiger partial charge in [0.05, 0.1) is 42.9 Å². The lowest BCUT2D eigenvalue weighted by Crippen LogP contribution is -2.43. The Bertz CT molecular complexity index is 2520. The molecule has 0 bridgehead atoms. The van der Waals surface area contributed by atoms with Crippen LogP contribution in [-0.2, 0) is 11.3 Å². The minimum atomic E-state index is -1.98. The van der Waals surface area contributed by atoms with Crippen LogP contribution in [0.2, 0.25) is 60.3 Å². The van der Waals surface area contributed by atoms with Gasteiger partial charge in [-0.2, -0.15) is 0 Å². The molecule has 6 aromatic carbocycles. The highest BCUT2D eigenvalue weighted by molar-refractivity contribution is 6.60. The van der Waals surface area contributed by atoms with Crippen molar-refractivity contribution in [2.75, 3.05) is 0 Å². The van der Waals surface area contributed by atoms with Crippen molar-refractivity contribution in [2.45, 2.75) is 11.3 Å². The summed E-state index contributed by atoms with van der Waals surface area (Å²) in [4.78, 5) is 22.2. The molecule has 0 atom stereocenters. The molecule has 0 aliphatic carbocycles. The molecule has 0 fully saturated rings. The van der Waals surface area contributed by atoms with Gasteiger partial charge in [0.25, 0.3) is 0 Å². The van der Waals surface area contributed by atoms with E-state index in [2.05, 4.69) is 0 Å². The third kappa shape index (κ3) is 7.46. The van der Waals surface area contributed by atoms with Crippen LogP contribution >= 0.6 is 139 Å². The Morgan fingerprint density at radius 2 is 0.466 bits per heavy atom. The Morgan fingerprint density at radius 1 is 0.259 bits per heavy atom. The van der Waals surface area contributed by atoms with E-state index < -0.39 is 11.3 Å². The molecule has 0 saturated carbocycles. The van der Waals surface area contributed by atoms with Gasteiger partial charge in [0.15, 0.2) is 0 Å². The fourth-order valence-corrected chi connectivity index (χ4v) is 9.93. The summed E-state index contributed by atoms with van der Waals surface area (Å²) in [6.07, 6.45) is 0. The van der Waals surface area contributed by atoms with E-state index in [0.717, 1.165) is 0 Å². The molecule has 2 aliphatic rings. The third-order valence-electron chi connectivity index (χ3n) is 9.39. The van der Waals surface area contributed by atoms with E-state index in [-0.39, 0.29) is 53.0 Å². The van der Waals surface area contributed by atoms with Crippen molar-refractivity contribution in [3.05, 3.63) is 203 Å². The molecule has 58 heavy (non-hydrogen) atoms. The summed E-state index contributed by atoms with van der Waals surface area (Å²) >= 11 is 81.2. The van der Waals surface area contributed by atoms with E-state index in [1.165, 1.54) is 0 Å². The largest absolute Gasteiger partial charge is 0.243 e. The van der Waals surface area contributed by atoms with Crippen LogP contribution in [0.1, 0.15) is 33.4 Å². The topological polar surface area (TPSA) is 49.4 Å². The summed E-state index contributed by atoms with van der Waals surface area (Å²) in [6.45, 7) is 0. The first-order chi connectivity index (χ1) is 27.6. The van der Waals surface area contributed by atoms with Crippen LogP contribution in [0.15, 0.2) is 129 Å². The van der Waals surface area contributed by atoms with Gasteiger partial charge < -0.3 is 0 Å². The van der Waals surface area contributed by atoms with Crippen LogP contribution in [0.4, 0.5) is 0 Å². The summed E-state index contributed by atoms with van der Waals surface area (Å²) in [5.41, 5.74) is -0.351. The maximum absolute atomic E-state index is 7.24. The van der Waals surface area contributed by atoms with Crippen molar-refractivity contribution in [1.82, 2.24) is 0 Å². The maximum Gasteiger partial charge on any atom is 0.227 e. The minimum Gasteiger partial charge on any atom is -0.243 e. The van der Waals surface area contributed by atoms with E-state index in [9.17, 15) is 0 Å². The summed E-state index contributed by atoms with van der Waals surface area (Å²) < 4.78 is 0. The van der Waals surface area contributed by atoms with Gasteiger partial charge >= 0.3 is 0 Å². The standard InChI is InChI=1S/C42H18Cl12N4/c43-19-1-7-25(31(49)13-19)37-38(26-8-2-20(44)14-32(26)50)56-41(55-37,29-11-5-23(47)17-35(29)53)42(30-12-6-24(48)18-36(30)54)57-39(27-9-3-21(45)15-33(27)51)40(58-42)28-10-4-22(46)16-34(28)52/h1-18H.